The summed E-state index contributed by atoms with van der Waals surface area (Å²) < 4.78 is 5.55. The molecule has 0 bridgehead atoms. The monoisotopic (exact) mass is 282 g/mol. The Bertz CT molecular complexity index is 430. The number of aromatic nitrogens is 2. The Hall–Kier alpha value is -0.590. The zero-order valence-electron chi connectivity index (χ0n) is 11.7. The third-order valence-corrected chi connectivity index (χ3v) is 5.25. The summed E-state index contributed by atoms with van der Waals surface area (Å²) in [6.07, 6.45) is 3.53. The molecule has 1 N–H and O–H groups in total. The smallest absolute Gasteiger partial charge is 0.246 e. The number of nitrogens with one attached hydrogen (secondary N) is 1. The van der Waals surface area contributed by atoms with Gasteiger partial charge in [-0.3, -0.25) is 4.90 Å². The molecular formula is C13H22N4OS. The Morgan fingerprint density at radius 3 is 3.11 bits per heavy atom. The van der Waals surface area contributed by atoms with Gasteiger partial charge in [0.25, 0.3) is 0 Å². The second kappa shape index (κ2) is 5.42. The molecule has 0 amide bonds. The molecule has 5 nitrogen and oxygen atoms in total. The normalized spacial score (nSPS) is 33.5. The summed E-state index contributed by atoms with van der Waals surface area (Å²) >= 11 is 1.97. The standard InChI is InChI=1S/C13H22N4OS/c1-13(5-3-4-6-14-13)12-15-11(16-18-12)10-9-19-8-7-17(10)2/h10,14H,3-9H2,1-2H3. The van der Waals surface area contributed by atoms with Crippen molar-refractivity contribution in [3.8, 4) is 0 Å². The van der Waals surface area contributed by atoms with Crippen LogP contribution in [0.25, 0.3) is 0 Å². The molecule has 0 aliphatic carbocycles. The SMILES string of the molecule is CN1CCSCC1c1noc(C2(C)CCCCN2)n1. The maximum Gasteiger partial charge on any atom is 0.246 e. The van der Waals surface area contributed by atoms with Crippen molar-refractivity contribution < 1.29 is 4.52 Å². The summed E-state index contributed by atoms with van der Waals surface area (Å²) in [6, 6.07) is 0.295. The van der Waals surface area contributed by atoms with Gasteiger partial charge < -0.3 is 9.84 Å². The van der Waals surface area contributed by atoms with Crippen LogP contribution in [-0.2, 0) is 5.54 Å². The number of hydrogen-bond donors (Lipinski definition) is 1. The van der Waals surface area contributed by atoms with Crippen molar-refractivity contribution in [2.24, 2.45) is 0 Å². The van der Waals surface area contributed by atoms with Crippen LogP contribution < -0.4 is 5.32 Å². The molecule has 106 valence electrons. The van der Waals surface area contributed by atoms with Crippen molar-refractivity contribution in [2.75, 3.05) is 31.6 Å². The summed E-state index contributed by atoms with van der Waals surface area (Å²) in [6.45, 7) is 4.30. The van der Waals surface area contributed by atoms with E-state index in [2.05, 4.69) is 34.3 Å². The molecular weight excluding hydrogens is 260 g/mol. The van der Waals surface area contributed by atoms with Gasteiger partial charge in [0, 0.05) is 18.1 Å². The number of piperidine rings is 1. The topological polar surface area (TPSA) is 54.2 Å². The van der Waals surface area contributed by atoms with Crippen molar-refractivity contribution in [3.05, 3.63) is 11.7 Å². The predicted octanol–water partition coefficient (Wildman–Crippen LogP) is 1.78. The Balaban J connectivity index is 1.78. The van der Waals surface area contributed by atoms with E-state index >= 15 is 0 Å². The summed E-state index contributed by atoms with van der Waals surface area (Å²) in [4.78, 5) is 7.01. The van der Waals surface area contributed by atoms with Crippen LogP contribution in [0, 0.1) is 0 Å². The Morgan fingerprint density at radius 2 is 2.37 bits per heavy atom. The molecule has 2 fully saturated rings. The van der Waals surface area contributed by atoms with Gasteiger partial charge in [-0.2, -0.15) is 16.7 Å². The highest BCUT2D eigenvalue weighted by atomic mass is 32.2. The molecule has 0 saturated carbocycles. The predicted molar refractivity (Wildman–Crippen MR) is 76.2 cm³/mol. The van der Waals surface area contributed by atoms with Gasteiger partial charge in [0.2, 0.25) is 5.89 Å². The van der Waals surface area contributed by atoms with Crippen LogP contribution in [0.5, 0.6) is 0 Å². The minimum absolute atomic E-state index is 0.135. The van der Waals surface area contributed by atoms with Crippen molar-refractivity contribution in [1.29, 1.82) is 0 Å². The second-order valence-electron chi connectivity index (χ2n) is 5.75. The third kappa shape index (κ3) is 2.66. The molecule has 0 aromatic carbocycles. The van der Waals surface area contributed by atoms with Gasteiger partial charge >= 0.3 is 0 Å². The highest BCUT2D eigenvalue weighted by Crippen LogP contribution is 2.31. The van der Waals surface area contributed by atoms with Crippen LogP contribution in [0.1, 0.15) is 43.9 Å². The van der Waals surface area contributed by atoms with Crippen LogP contribution >= 0.6 is 11.8 Å². The maximum atomic E-state index is 5.55. The average Bonchev–Trinajstić information content (AvgIpc) is 2.90. The van der Waals surface area contributed by atoms with Gasteiger partial charge in [0.1, 0.15) is 0 Å². The fourth-order valence-electron chi connectivity index (χ4n) is 2.79. The lowest BCUT2D eigenvalue weighted by atomic mass is 9.91. The maximum absolute atomic E-state index is 5.55. The van der Waals surface area contributed by atoms with E-state index in [-0.39, 0.29) is 5.54 Å². The average molecular weight is 282 g/mol. The van der Waals surface area contributed by atoms with E-state index in [0.717, 1.165) is 37.0 Å². The molecule has 3 rings (SSSR count). The van der Waals surface area contributed by atoms with Crippen molar-refractivity contribution >= 4 is 11.8 Å². The minimum atomic E-state index is -0.135. The Labute approximate surface area is 118 Å². The number of nitrogens with zero attached hydrogens (tertiary/aromatic N) is 3. The second-order valence-corrected chi connectivity index (χ2v) is 6.89. The number of hydrogen-bond acceptors (Lipinski definition) is 6. The van der Waals surface area contributed by atoms with Crippen molar-refractivity contribution in [1.82, 2.24) is 20.4 Å². The number of rotatable bonds is 2. The lowest BCUT2D eigenvalue weighted by molar-refractivity contribution is 0.205. The van der Waals surface area contributed by atoms with Crippen LogP contribution in [0.3, 0.4) is 0 Å². The first-order chi connectivity index (χ1) is 9.19. The summed E-state index contributed by atoms with van der Waals surface area (Å²) in [5, 5.41) is 7.75. The van der Waals surface area contributed by atoms with E-state index in [1.807, 2.05) is 11.8 Å². The van der Waals surface area contributed by atoms with E-state index in [9.17, 15) is 0 Å². The van der Waals surface area contributed by atoms with E-state index in [0.29, 0.717) is 6.04 Å². The van der Waals surface area contributed by atoms with E-state index in [4.69, 9.17) is 4.52 Å². The fraction of sp³-hybridized carbons (Fsp3) is 0.846. The van der Waals surface area contributed by atoms with Crippen molar-refractivity contribution in [2.45, 2.75) is 37.8 Å². The Morgan fingerprint density at radius 1 is 1.47 bits per heavy atom. The Kier molecular flexibility index (Phi) is 3.82. The van der Waals surface area contributed by atoms with E-state index in [1.165, 1.54) is 18.6 Å². The summed E-state index contributed by atoms with van der Waals surface area (Å²) in [5.41, 5.74) is -0.135. The number of thioether (sulfide) groups is 1. The van der Waals surface area contributed by atoms with Crippen LogP contribution in [-0.4, -0.2) is 46.7 Å². The molecule has 2 unspecified atom stereocenters. The van der Waals surface area contributed by atoms with E-state index in [1.54, 1.807) is 0 Å². The molecule has 1 aromatic heterocycles. The molecule has 3 heterocycles. The van der Waals surface area contributed by atoms with Crippen LogP contribution in [0.15, 0.2) is 4.52 Å². The van der Waals surface area contributed by atoms with Gasteiger partial charge in [0.05, 0.1) is 11.6 Å². The molecule has 0 spiro atoms. The van der Waals surface area contributed by atoms with E-state index < -0.39 is 0 Å². The summed E-state index contributed by atoms with van der Waals surface area (Å²) in [7, 11) is 2.14. The first kappa shape index (κ1) is 13.4. The minimum Gasteiger partial charge on any atom is -0.337 e. The largest absolute Gasteiger partial charge is 0.337 e. The summed E-state index contributed by atoms with van der Waals surface area (Å²) in [5.74, 6) is 3.85. The van der Waals surface area contributed by atoms with Gasteiger partial charge in [-0.1, -0.05) is 5.16 Å². The molecule has 6 heteroatoms. The molecule has 2 aliphatic rings. The van der Waals surface area contributed by atoms with Gasteiger partial charge in [-0.15, -0.1) is 0 Å². The third-order valence-electron chi connectivity index (χ3n) is 4.23. The quantitative estimate of drug-likeness (QED) is 0.892. The zero-order chi connectivity index (χ0) is 13.3. The first-order valence-electron chi connectivity index (χ1n) is 7.06. The first-order valence-corrected chi connectivity index (χ1v) is 8.22. The molecule has 0 radical (unpaired) electrons. The van der Waals surface area contributed by atoms with Gasteiger partial charge in [0.15, 0.2) is 5.82 Å². The molecule has 2 saturated heterocycles. The molecule has 1 aromatic rings. The lowest BCUT2D eigenvalue weighted by Gasteiger charge is -2.31. The molecule has 19 heavy (non-hydrogen) atoms. The molecule has 2 atom stereocenters. The van der Waals surface area contributed by atoms with Gasteiger partial charge in [-0.05, 0) is 39.8 Å². The van der Waals surface area contributed by atoms with Crippen molar-refractivity contribution in [3.63, 3.8) is 0 Å². The lowest BCUT2D eigenvalue weighted by Crippen LogP contribution is -2.43. The van der Waals surface area contributed by atoms with Gasteiger partial charge in [-0.25, -0.2) is 0 Å². The highest BCUT2D eigenvalue weighted by molar-refractivity contribution is 7.99. The van der Waals surface area contributed by atoms with Crippen LogP contribution in [0.2, 0.25) is 0 Å². The van der Waals surface area contributed by atoms with Crippen LogP contribution in [0.4, 0.5) is 0 Å². The molecule has 2 aliphatic heterocycles. The zero-order valence-corrected chi connectivity index (χ0v) is 12.5. The highest BCUT2D eigenvalue weighted by Gasteiger charge is 2.35. The fourth-order valence-corrected chi connectivity index (χ4v) is 4.00.